The first kappa shape index (κ1) is 25.7. The van der Waals surface area contributed by atoms with E-state index in [1.165, 1.54) is 12.0 Å². The molecule has 1 N–H and O–H groups in total. The van der Waals surface area contributed by atoms with Crippen molar-refractivity contribution in [2.45, 2.75) is 63.5 Å². The van der Waals surface area contributed by atoms with Crippen molar-refractivity contribution in [1.82, 2.24) is 14.9 Å². The van der Waals surface area contributed by atoms with E-state index in [1.54, 1.807) is 24.5 Å². The van der Waals surface area contributed by atoms with Crippen LogP contribution in [0.25, 0.3) is 0 Å². The summed E-state index contributed by atoms with van der Waals surface area (Å²) in [6.07, 6.45) is 6.36. The van der Waals surface area contributed by atoms with Gasteiger partial charge >= 0.3 is 5.97 Å². The maximum Gasteiger partial charge on any atom is 0.326 e. The molecule has 1 aliphatic carbocycles. The molecular formula is C29H31N3O6. The summed E-state index contributed by atoms with van der Waals surface area (Å²) in [5, 5.41) is 10.2. The van der Waals surface area contributed by atoms with Gasteiger partial charge in [0, 0.05) is 30.9 Å². The highest BCUT2D eigenvalue weighted by Gasteiger charge is 2.41. The number of benzene rings is 2. The number of carboxylic acid groups (broad SMARTS) is 1. The molecular weight excluding hydrogens is 486 g/mol. The molecule has 0 bridgehead atoms. The van der Waals surface area contributed by atoms with E-state index in [4.69, 9.17) is 14.2 Å². The lowest BCUT2D eigenvalue weighted by Crippen LogP contribution is -2.50. The van der Waals surface area contributed by atoms with Crippen molar-refractivity contribution in [3.63, 3.8) is 0 Å². The molecule has 1 amide bonds. The molecule has 0 saturated heterocycles. The second-order valence-corrected chi connectivity index (χ2v) is 9.55. The van der Waals surface area contributed by atoms with E-state index in [0.717, 1.165) is 36.8 Å². The molecule has 0 radical (unpaired) electrons. The molecule has 9 nitrogen and oxygen atoms in total. The first-order valence-corrected chi connectivity index (χ1v) is 12.9. The Morgan fingerprint density at radius 3 is 2.47 bits per heavy atom. The molecule has 1 fully saturated rings. The number of amides is 1. The number of aromatic nitrogens is 2. The predicted octanol–water partition coefficient (Wildman–Crippen LogP) is 4.10. The van der Waals surface area contributed by atoms with Gasteiger partial charge in [0.2, 0.25) is 0 Å². The molecule has 38 heavy (non-hydrogen) atoms. The van der Waals surface area contributed by atoms with Crippen LogP contribution >= 0.6 is 0 Å². The van der Waals surface area contributed by atoms with Crippen LogP contribution in [0.5, 0.6) is 11.5 Å². The Hall–Kier alpha value is -3.98. The topological polar surface area (TPSA) is 111 Å². The van der Waals surface area contributed by atoms with Crippen molar-refractivity contribution in [2.75, 3.05) is 7.11 Å². The van der Waals surface area contributed by atoms with Gasteiger partial charge < -0.3 is 24.2 Å². The Morgan fingerprint density at radius 1 is 1.05 bits per heavy atom. The highest BCUT2D eigenvalue weighted by atomic mass is 16.5. The molecule has 1 saturated carbocycles. The number of nitrogens with zero attached hydrogens (tertiary/aromatic N) is 3. The van der Waals surface area contributed by atoms with E-state index in [2.05, 4.69) is 9.97 Å². The molecule has 0 unspecified atom stereocenters. The number of carbonyl (C=O) groups excluding carboxylic acids is 1. The van der Waals surface area contributed by atoms with Crippen LogP contribution in [-0.2, 0) is 33.9 Å². The minimum atomic E-state index is -1.09. The number of hydrogen-bond donors (Lipinski definition) is 1. The molecule has 198 valence electrons. The molecule has 2 atom stereocenters. The standard InChI is InChI=1S/C29H31N3O6/c1-36-24-13-12-20-17-32(28(33)26(19-8-3-2-4-9-19)38-21-10-5-6-11-21)23(29(34)35)16-22(20)27(24)37-18-25-30-14-7-15-31-25/h2-4,7-9,12-15,21,23,26H,5-6,10-11,16-18H2,1H3,(H,34,35)/t23-,26+/m0/s1. The Kier molecular flexibility index (Phi) is 7.83. The van der Waals surface area contributed by atoms with E-state index in [1.807, 2.05) is 36.4 Å². The fourth-order valence-electron chi connectivity index (χ4n) is 5.20. The molecule has 2 heterocycles. The summed E-state index contributed by atoms with van der Waals surface area (Å²) in [7, 11) is 1.53. The lowest BCUT2D eigenvalue weighted by molar-refractivity contribution is -0.160. The zero-order chi connectivity index (χ0) is 26.5. The Labute approximate surface area is 221 Å². The van der Waals surface area contributed by atoms with E-state index in [-0.39, 0.29) is 31.6 Å². The van der Waals surface area contributed by atoms with Crippen LogP contribution < -0.4 is 9.47 Å². The number of aliphatic carboxylic acids is 1. The van der Waals surface area contributed by atoms with Gasteiger partial charge in [0.05, 0.1) is 13.2 Å². The normalized spacial score (nSPS) is 18.0. The van der Waals surface area contributed by atoms with E-state index in [9.17, 15) is 14.7 Å². The second-order valence-electron chi connectivity index (χ2n) is 9.55. The summed E-state index contributed by atoms with van der Waals surface area (Å²) in [6.45, 7) is 0.212. The van der Waals surface area contributed by atoms with Gasteiger partial charge in [-0.3, -0.25) is 4.79 Å². The molecule has 2 aliphatic rings. The summed E-state index contributed by atoms with van der Waals surface area (Å²) < 4.78 is 17.9. The van der Waals surface area contributed by atoms with Crippen molar-refractivity contribution < 1.29 is 28.9 Å². The highest BCUT2D eigenvalue weighted by molar-refractivity contribution is 5.88. The molecule has 9 heteroatoms. The molecule has 1 aliphatic heterocycles. The van der Waals surface area contributed by atoms with Crippen molar-refractivity contribution in [1.29, 1.82) is 0 Å². The largest absolute Gasteiger partial charge is 0.493 e. The molecule has 2 aromatic carbocycles. The average Bonchev–Trinajstić information content (AvgIpc) is 3.48. The van der Waals surface area contributed by atoms with Gasteiger partial charge in [-0.1, -0.05) is 49.2 Å². The number of carboxylic acids is 1. The maximum atomic E-state index is 14.0. The van der Waals surface area contributed by atoms with Crippen LogP contribution in [0, 0.1) is 0 Å². The SMILES string of the molecule is COc1ccc2c(c1OCc1ncccn1)C[C@@H](C(=O)O)N(C(=O)[C@H](OC1CCCC1)c1ccccc1)C2. The van der Waals surface area contributed by atoms with Crippen LogP contribution in [0.15, 0.2) is 60.9 Å². The van der Waals surface area contributed by atoms with Crippen LogP contribution in [0.3, 0.4) is 0 Å². The number of rotatable bonds is 9. The Morgan fingerprint density at radius 2 is 1.79 bits per heavy atom. The van der Waals surface area contributed by atoms with Crippen molar-refractivity contribution in [3.8, 4) is 11.5 Å². The first-order valence-electron chi connectivity index (χ1n) is 12.9. The Balaban J connectivity index is 1.46. The van der Waals surface area contributed by atoms with Gasteiger partial charge in [0.1, 0.15) is 12.6 Å². The van der Waals surface area contributed by atoms with Crippen LogP contribution in [0.4, 0.5) is 0 Å². The molecule has 5 rings (SSSR count). The third kappa shape index (κ3) is 5.47. The fourth-order valence-corrected chi connectivity index (χ4v) is 5.20. The van der Waals surface area contributed by atoms with Gasteiger partial charge in [-0.05, 0) is 36.1 Å². The van der Waals surface area contributed by atoms with Gasteiger partial charge in [-0.15, -0.1) is 0 Å². The summed E-state index contributed by atoms with van der Waals surface area (Å²) >= 11 is 0. The summed E-state index contributed by atoms with van der Waals surface area (Å²) in [5.41, 5.74) is 2.22. The third-order valence-corrected chi connectivity index (χ3v) is 7.15. The third-order valence-electron chi connectivity index (χ3n) is 7.15. The van der Waals surface area contributed by atoms with E-state index >= 15 is 0 Å². The van der Waals surface area contributed by atoms with Crippen LogP contribution in [-0.4, -0.2) is 51.1 Å². The average molecular weight is 518 g/mol. The minimum Gasteiger partial charge on any atom is -0.493 e. The molecule has 3 aromatic rings. The fraction of sp³-hybridized carbons (Fsp3) is 0.379. The number of ether oxygens (including phenoxy) is 3. The number of carbonyl (C=O) groups is 2. The van der Waals surface area contributed by atoms with Crippen molar-refractivity contribution >= 4 is 11.9 Å². The summed E-state index contributed by atoms with van der Waals surface area (Å²) in [4.78, 5) is 36.3. The molecule has 1 aromatic heterocycles. The second kappa shape index (κ2) is 11.6. The van der Waals surface area contributed by atoms with Crippen molar-refractivity contribution in [2.24, 2.45) is 0 Å². The lowest BCUT2D eigenvalue weighted by atomic mass is 9.91. The van der Waals surface area contributed by atoms with Gasteiger partial charge in [-0.2, -0.15) is 0 Å². The van der Waals surface area contributed by atoms with Gasteiger partial charge in [0.15, 0.2) is 23.4 Å². The van der Waals surface area contributed by atoms with Gasteiger partial charge in [0.25, 0.3) is 5.91 Å². The Bertz CT molecular complexity index is 1260. The van der Waals surface area contributed by atoms with E-state index in [0.29, 0.717) is 22.9 Å². The van der Waals surface area contributed by atoms with Gasteiger partial charge in [-0.25, -0.2) is 14.8 Å². The summed E-state index contributed by atoms with van der Waals surface area (Å²) in [5.74, 6) is -0.0220. The first-order chi connectivity index (χ1) is 18.5. The smallest absolute Gasteiger partial charge is 0.326 e. The molecule has 0 spiro atoms. The lowest BCUT2D eigenvalue weighted by Gasteiger charge is -2.37. The van der Waals surface area contributed by atoms with Crippen LogP contribution in [0.2, 0.25) is 0 Å². The predicted molar refractivity (Wildman–Crippen MR) is 138 cm³/mol. The number of methoxy groups -OCH3 is 1. The minimum absolute atomic E-state index is 0.0195. The van der Waals surface area contributed by atoms with Crippen LogP contribution in [0.1, 0.15) is 54.3 Å². The number of fused-ring (bicyclic) bond motifs is 1. The zero-order valence-corrected chi connectivity index (χ0v) is 21.3. The highest BCUT2D eigenvalue weighted by Crippen LogP contribution is 2.40. The monoisotopic (exact) mass is 517 g/mol. The zero-order valence-electron chi connectivity index (χ0n) is 21.3. The maximum absolute atomic E-state index is 14.0. The quantitative estimate of drug-likeness (QED) is 0.452. The van der Waals surface area contributed by atoms with Crippen molar-refractivity contribution in [3.05, 3.63) is 83.4 Å². The van der Waals surface area contributed by atoms with E-state index < -0.39 is 18.1 Å². The summed E-state index contributed by atoms with van der Waals surface area (Å²) in [6, 6.07) is 13.6. The number of hydrogen-bond acceptors (Lipinski definition) is 7.